The second-order valence-electron chi connectivity index (χ2n) is 14.5. The van der Waals surface area contributed by atoms with Gasteiger partial charge in [-0.1, -0.05) is 19.1 Å². The summed E-state index contributed by atoms with van der Waals surface area (Å²) >= 11 is 0. The highest BCUT2D eigenvalue weighted by Gasteiger charge is 2.54. The molecule has 274 valence electrons. The summed E-state index contributed by atoms with van der Waals surface area (Å²) in [5.74, 6) is -3.49. The number of phenols is 3. The highest BCUT2D eigenvalue weighted by atomic mass is 16.7. The van der Waals surface area contributed by atoms with E-state index in [1.54, 1.807) is 20.8 Å². The Morgan fingerprint density at radius 2 is 1.32 bits per heavy atom. The molecule has 14 heteroatoms. The van der Waals surface area contributed by atoms with Crippen molar-refractivity contribution < 1.29 is 59.2 Å². The molecule has 2 saturated heterocycles. The Morgan fingerprint density at radius 3 is 1.86 bits per heavy atom. The number of aliphatic hydroxyl groups is 3. The van der Waals surface area contributed by atoms with Crippen LogP contribution < -0.4 is 0 Å². The third-order valence-corrected chi connectivity index (χ3v) is 11.0. The predicted molar refractivity (Wildman–Crippen MR) is 177 cm³/mol. The number of hydrogen-bond acceptors (Lipinski definition) is 14. The number of benzene rings is 2. The van der Waals surface area contributed by atoms with Crippen LogP contribution in [-0.2, 0) is 18.9 Å². The van der Waals surface area contributed by atoms with Gasteiger partial charge in [0.1, 0.15) is 23.4 Å². The zero-order valence-corrected chi connectivity index (χ0v) is 29.4. The summed E-state index contributed by atoms with van der Waals surface area (Å²) in [6.45, 7) is 5.12. The summed E-state index contributed by atoms with van der Waals surface area (Å²) in [5.41, 5.74) is -3.47. The number of aromatic hydroxyl groups is 3. The number of hydrogen-bond donors (Lipinski definition) is 6. The Balaban J connectivity index is 1.52. The van der Waals surface area contributed by atoms with Crippen LogP contribution in [0.1, 0.15) is 102 Å². The molecular formula is C36H48N2O12. The number of rotatable bonds is 7. The topological polar surface area (TPSA) is 199 Å². The summed E-state index contributed by atoms with van der Waals surface area (Å²) in [6, 6.07) is 3.25. The number of carbonyl (C=O) groups is 2. The highest BCUT2D eigenvalue weighted by molar-refractivity contribution is 6.31. The molecule has 2 aliphatic carbocycles. The van der Waals surface area contributed by atoms with Crippen molar-refractivity contribution in [1.29, 1.82) is 0 Å². The zero-order chi connectivity index (χ0) is 36.6. The van der Waals surface area contributed by atoms with Gasteiger partial charge in [0.05, 0.1) is 52.8 Å². The lowest BCUT2D eigenvalue weighted by molar-refractivity contribution is -0.289. The summed E-state index contributed by atoms with van der Waals surface area (Å²) < 4.78 is 25.1. The second-order valence-corrected chi connectivity index (χ2v) is 14.5. The van der Waals surface area contributed by atoms with Crippen molar-refractivity contribution in [3.05, 3.63) is 51.6 Å². The Morgan fingerprint density at radius 1 is 0.800 bits per heavy atom. The first kappa shape index (κ1) is 36.6. The number of aliphatic hydroxyl groups excluding tert-OH is 2. The minimum absolute atomic E-state index is 0.0702. The van der Waals surface area contributed by atoms with Gasteiger partial charge in [0, 0.05) is 48.0 Å². The molecule has 6 N–H and O–H groups in total. The molecule has 2 aromatic rings. The van der Waals surface area contributed by atoms with Crippen molar-refractivity contribution in [2.75, 3.05) is 28.2 Å². The summed E-state index contributed by atoms with van der Waals surface area (Å²) in [4.78, 5) is 31.6. The monoisotopic (exact) mass is 700 g/mol. The molecule has 0 aromatic heterocycles. The minimum atomic E-state index is -1.77. The average molecular weight is 701 g/mol. The molecule has 50 heavy (non-hydrogen) atoms. The van der Waals surface area contributed by atoms with Crippen molar-refractivity contribution in [2.24, 2.45) is 0 Å². The standard InChI is InChI=1S/C36H48N2O12/c1-8-36(46)14-21(49-22-12-18(37(4)5)29(40)15(2)47-22)25-28(35(36)50-23-13-19(38(6)7)30(41)16(3)48-23)34(45)26-27(33(25)44)32(43)24-17(31(26)42)10-9-11-20(24)39/h9-11,15-16,18-19,21-23,29-30,35,39-41,44-46H,8,12-14H2,1-7H3/t15-,16-,18-,19-,21-,22-,23?,29+,30+,35+,36+/m0/s1. The van der Waals surface area contributed by atoms with Crippen molar-refractivity contribution in [3.8, 4) is 17.2 Å². The number of carbonyl (C=O) groups excluding carboxylic acids is 2. The van der Waals surface area contributed by atoms with E-state index in [9.17, 15) is 40.2 Å². The predicted octanol–water partition coefficient (Wildman–Crippen LogP) is 2.09. The number of ketones is 2. The van der Waals surface area contributed by atoms with Gasteiger partial charge in [-0.2, -0.15) is 0 Å². The molecule has 4 aliphatic rings. The van der Waals surface area contributed by atoms with Crippen molar-refractivity contribution in [3.63, 3.8) is 0 Å². The van der Waals surface area contributed by atoms with E-state index >= 15 is 0 Å². The Labute approximate surface area is 290 Å². The van der Waals surface area contributed by atoms with Gasteiger partial charge in [0.2, 0.25) is 5.78 Å². The van der Waals surface area contributed by atoms with Crippen LogP contribution in [0.3, 0.4) is 0 Å². The number of ether oxygens (including phenoxy) is 4. The van der Waals surface area contributed by atoms with E-state index in [4.69, 9.17) is 18.9 Å². The van der Waals surface area contributed by atoms with E-state index < -0.39 is 94.7 Å². The van der Waals surface area contributed by atoms with Crippen LogP contribution in [0, 0.1) is 0 Å². The molecule has 2 heterocycles. The first-order valence-corrected chi connectivity index (χ1v) is 17.1. The lowest BCUT2D eigenvalue weighted by Gasteiger charge is -2.48. The summed E-state index contributed by atoms with van der Waals surface area (Å²) in [5, 5.41) is 68.8. The summed E-state index contributed by atoms with van der Waals surface area (Å²) in [7, 11) is 7.25. The molecule has 0 spiro atoms. The molecule has 0 radical (unpaired) electrons. The summed E-state index contributed by atoms with van der Waals surface area (Å²) in [6.07, 6.45) is -7.20. The van der Waals surface area contributed by atoms with Crippen LogP contribution >= 0.6 is 0 Å². The number of phenolic OH excluding ortho intramolecular Hbond substituents is 3. The van der Waals surface area contributed by atoms with Gasteiger partial charge in [0.25, 0.3) is 0 Å². The fourth-order valence-corrected chi connectivity index (χ4v) is 8.05. The van der Waals surface area contributed by atoms with Gasteiger partial charge in [-0.3, -0.25) is 9.59 Å². The molecule has 0 saturated carbocycles. The Kier molecular flexibility index (Phi) is 9.82. The van der Waals surface area contributed by atoms with Crippen molar-refractivity contribution in [1.82, 2.24) is 9.80 Å². The largest absolute Gasteiger partial charge is 0.507 e. The molecule has 2 fully saturated rings. The zero-order valence-electron chi connectivity index (χ0n) is 29.4. The molecule has 0 bridgehead atoms. The maximum absolute atomic E-state index is 14.0. The van der Waals surface area contributed by atoms with E-state index in [0.29, 0.717) is 0 Å². The van der Waals surface area contributed by atoms with Gasteiger partial charge < -0.3 is 59.4 Å². The number of fused-ring (bicyclic) bond motifs is 3. The molecule has 1 unspecified atom stereocenters. The van der Waals surface area contributed by atoms with E-state index in [2.05, 4.69) is 0 Å². The van der Waals surface area contributed by atoms with Gasteiger partial charge >= 0.3 is 0 Å². The van der Waals surface area contributed by atoms with E-state index in [0.717, 1.165) is 0 Å². The molecule has 11 atom stereocenters. The fourth-order valence-electron chi connectivity index (χ4n) is 8.05. The van der Waals surface area contributed by atoms with E-state index in [1.165, 1.54) is 18.2 Å². The van der Waals surface area contributed by atoms with Crippen LogP contribution in [0.15, 0.2) is 18.2 Å². The molecule has 14 nitrogen and oxygen atoms in total. The van der Waals surface area contributed by atoms with Gasteiger partial charge in [-0.15, -0.1) is 0 Å². The second kappa shape index (κ2) is 13.4. The SMILES string of the molecule is CC[C@@]1(O)C[C@H](O[C@H]2C[C@H](N(C)C)[C@H](O)[C@H](C)O2)c2c(O)c3c(c(O)c2[C@H]1OC1C[C@H](N(C)C)[C@H](O)[C@H](C)O1)C(=O)c1cccc(O)c1C3=O. The van der Waals surface area contributed by atoms with Crippen LogP contribution in [0.2, 0.25) is 0 Å². The van der Waals surface area contributed by atoms with Crippen LogP contribution in [-0.4, -0.2) is 135 Å². The Hall–Kier alpha value is -3.18. The molecular weight excluding hydrogens is 652 g/mol. The maximum Gasteiger partial charge on any atom is 0.202 e. The van der Waals surface area contributed by atoms with Gasteiger partial charge in [-0.05, 0) is 54.5 Å². The lowest BCUT2D eigenvalue weighted by Crippen LogP contribution is -2.55. The first-order chi connectivity index (χ1) is 23.5. The van der Waals surface area contributed by atoms with Crippen molar-refractivity contribution >= 4 is 11.6 Å². The van der Waals surface area contributed by atoms with Crippen LogP contribution in [0.4, 0.5) is 0 Å². The molecule has 6 rings (SSSR count). The lowest BCUT2D eigenvalue weighted by atomic mass is 9.70. The van der Waals surface area contributed by atoms with Crippen LogP contribution in [0.25, 0.3) is 0 Å². The normalized spacial score (nSPS) is 35.6. The molecule has 2 aromatic carbocycles. The molecule has 2 aliphatic heterocycles. The number of nitrogens with zero attached hydrogens (tertiary/aromatic N) is 2. The average Bonchev–Trinajstić information content (AvgIpc) is 3.05. The first-order valence-electron chi connectivity index (χ1n) is 17.1. The number of likely N-dealkylation sites (N-methyl/N-ethyl adjacent to an activating group) is 2. The highest BCUT2D eigenvalue weighted by Crippen LogP contribution is 2.58. The van der Waals surface area contributed by atoms with Crippen molar-refractivity contribution in [2.45, 2.75) is 113 Å². The smallest absolute Gasteiger partial charge is 0.202 e. The van der Waals surface area contributed by atoms with Crippen LogP contribution in [0.5, 0.6) is 17.2 Å². The third-order valence-electron chi connectivity index (χ3n) is 11.0. The Bertz CT molecular complexity index is 1660. The van der Waals surface area contributed by atoms with E-state index in [-0.39, 0.29) is 60.0 Å². The maximum atomic E-state index is 14.0. The van der Waals surface area contributed by atoms with Gasteiger partial charge in [-0.25, -0.2) is 0 Å². The van der Waals surface area contributed by atoms with Gasteiger partial charge in [0.15, 0.2) is 18.4 Å². The van der Waals surface area contributed by atoms with E-state index in [1.807, 2.05) is 38.0 Å². The third kappa shape index (κ3) is 5.90. The fraction of sp³-hybridized carbons (Fsp3) is 0.611. The molecule has 0 amide bonds. The quantitative estimate of drug-likeness (QED) is 0.196. The minimum Gasteiger partial charge on any atom is -0.507 e.